The summed E-state index contributed by atoms with van der Waals surface area (Å²) in [5.41, 5.74) is 1.19. The predicted octanol–water partition coefficient (Wildman–Crippen LogP) is 4.07. The highest BCUT2D eigenvalue weighted by atomic mass is 35.5. The maximum atomic E-state index is 5.98. The fraction of sp³-hybridized carbons (Fsp3) is 0.250. The van der Waals surface area contributed by atoms with Gasteiger partial charge in [-0.1, -0.05) is 41.9 Å². The number of hydrogen-bond donors (Lipinski definition) is 1. The molecular weight excluding hydrogens is 258 g/mol. The van der Waals surface area contributed by atoms with Gasteiger partial charge in [-0.15, -0.1) is 0 Å². The van der Waals surface area contributed by atoms with Crippen molar-refractivity contribution in [2.45, 2.75) is 13.0 Å². The zero-order valence-electron chi connectivity index (χ0n) is 11.0. The SMILES string of the molecule is CC(NCCOc1ccccc1)c1cccc(Cl)c1. The second-order valence-corrected chi connectivity index (χ2v) is 4.83. The molecule has 0 aliphatic rings. The van der Waals surface area contributed by atoms with Crippen molar-refractivity contribution in [2.75, 3.05) is 13.2 Å². The van der Waals surface area contributed by atoms with Gasteiger partial charge in [0.25, 0.3) is 0 Å². The monoisotopic (exact) mass is 275 g/mol. The number of nitrogens with one attached hydrogen (secondary N) is 1. The number of ether oxygens (including phenoxy) is 1. The summed E-state index contributed by atoms with van der Waals surface area (Å²) >= 11 is 5.98. The van der Waals surface area contributed by atoms with Crippen molar-refractivity contribution >= 4 is 11.6 Å². The molecule has 2 aromatic rings. The Bertz CT molecular complexity index is 501. The van der Waals surface area contributed by atoms with Gasteiger partial charge in [-0.3, -0.25) is 0 Å². The number of halogens is 1. The fourth-order valence-electron chi connectivity index (χ4n) is 1.85. The normalized spacial score (nSPS) is 12.1. The standard InChI is InChI=1S/C16H18ClNO/c1-13(14-6-5-7-15(17)12-14)18-10-11-19-16-8-3-2-4-9-16/h2-9,12-13,18H,10-11H2,1H3. The lowest BCUT2D eigenvalue weighted by Gasteiger charge is -2.15. The van der Waals surface area contributed by atoms with E-state index >= 15 is 0 Å². The van der Waals surface area contributed by atoms with E-state index in [-0.39, 0.29) is 6.04 Å². The van der Waals surface area contributed by atoms with Crippen LogP contribution in [0.2, 0.25) is 5.02 Å². The van der Waals surface area contributed by atoms with Crippen LogP contribution in [0.3, 0.4) is 0 Å². The number of rotatable bonds is 6. The van der Waals surface area contributed by atoms with E-state index in [4.69, 9.17) is 16.3 Å². The summed E-state index contributed by atoms with van der Waals surface area (Å²) in [6.07, 6.45) is 0. The van der Waals surface area contributed by atoms with Crippen LogP contribution in [0.25, 0.3) is 0 Å². The van der Waals surface area contributed by atoms with Crippen LogP contribution in [0.15, 0.2) is 54.6 Å². The van der Waals surface area contributed by atoms with E-state index in [0.29, 0.717) is 6.61 Å². The van der Waals surface area contributed by atoms with Crippen molar-refractivity contribution in [1.82, 2.24) is 5.32 Å². The van der Waals surface area contributed by atoms with Gasteiger partial charge in [0.15, 0.2) is 0 Å². The van der Waals surface area contributed by atoms with Crippen molar-refractivity contribution in [3.63, 3.8) is 0 Å². The van der Waals surface area contributed by atoms with Crippen molar-refractivity contribution in [3.05, 3.63) is 65.2 Å². The first kappa shape index (κ1) is 13.9. The summed E-state index contributed by atoms with van der Waals surface area (Å²) in [4.78, 5) is 0. The molecule has 0 heterocycles. The van der Waals surface area contributed by atoms with Crippen LogP contribution in [0.1, 0.15) is 18.5 Å². The lowest BCUT2D eigenvalue weighted by atomic mass is 10.1. The molecule has 0 aliphatic heterocycles. The van der Waals surface area contributed by atoms with Gasteiger partial charge < -0.3 is 10.1 Å². The molecule has 0 aromatic heterocycles. The average Bonchev–Trinajstić information content (AvgIpc) is 2.44. The van der Waals surface area contributed by atoms with Gasteiger partial charge in [0, 0.05) is 17.6 Å². The summed E-state index contributed by atoms with van der Waals surface area (Å²) in [7, 11) is 0. The number of benzene rings is 2. The van der Waals surface area contributed by atoms with E-state index in [1.54, 1.807) is 0 Å². The minimum atomic E-state index is 0.262. The summed E-state index contributed by atoms with van der Waals surface area (Å²) in [6.45, 7) is 3.56. The highest BCUT2D eigenvalue weighted by molar-refractivity contribution is 6.30. The first-order valence-corrected chi connectivity index (χ1v) is 6.80. The molecular formula is C16H18ClNO. The Hall–Kier alpha value is -1.51. The summed E-state index contributed by atoms with van der Waals surface area (Å²) < 4.78 is 5.63. The zero-order chi connectivity index (χ0) is 13.5. The minimum Gasteiger partial charge on any atom is -0.492 e. The maximum absolute atomic E-state index is 5.98. The van der Waals surface area contributed by atoms with Crippen LogP contribution >= 0.6 is 11.6 Å². The van der Waals surface area contributed by atoms with E-state index in [0.717, 1.165) is 17.3 Å². The molecule has 2 rings (SSSR count). The molecule has 0 bridgehead atoms. The first-order valence-electron chi connectivity index (χ1n) is 6.42. The Morgan fingerprint density at radius 1 is 1.11 bits per heavy atom. The van der Waals surface area contributed by atoms with E-state index in [2.05, 4.69) is 18.3 Å². The summed E-state index contributed by atoms with van der Waals surface area (Å²) in [6, 6.07) is 18.0. The van der Waals surface area contributed by atoms with E-state index in [9.17, 15) is 0 Å². The molecule has 3 heteroatoms. The number of hydrogen-bond acceptors (Lipinski definition) is 2. The van der Waals surface area contributed by atoms with Crippen LogP contribution in [0, 0.1) is 0 Å². The first-order chi connectivity index (χ1) is 9.25. The zero-order valence-corrected chi connectivity index (χ0v) is 11.7. The van der Waals surface area contributed by atoms with Crippen LogP contribution in [-0.2, 0) is 0 Å². The van der Waals surface area contributed by atoms with Gasteiger partial charge in [-0.25, -0.2) is 0 Å². The van der Waals surface area contributed by atoms with Crippen LogP contribution in [0.4, 0.5) is 0 Å². The average molecular weight is 276 g/mol. The molecule has 100 valence electrons. The van der Waals surface area contributed by atoms with E-state index in [1.165, 1.54) is 5.56 Å². The Kier molecular flexibility index (Phi) is 5.25. The second kappa shape index (κ2) is 7.17. The van der Waals surface area contributed by atoms with Gasteiger partial charge in [-0.05, 0) is 36.8 Å². The molecule has 0 aliphatic carbocycles. The van der Waals surface area contributed by atoms with Gasteiger partial charge in [-0.2, -0.15) is 0 Å². The van der Waals surface area contributed by atoms with Crippen molar-refractivity contribution < 1.29 is 4.74 Å². The topological polar surface area (TPSA) is 21.3 Å². The molecule has 0 saturated heterocycles. The summed E-state index contributed by atoms with van der Waals surface area (Å²) in [5, 5.41) is 4.18. The second-order valence-electron chi connectivity index (χ2n) is 4.39. The molecule has 0 saturated carbocycles. The third-order valence-electron chi connectivity index (χ3n) is 2.91. The molecule has 0 amide bonds. The largest absolute Gasteiger partial charge is 0.492 e. The quantitative estimate of drug-likeness (QED) is 0.803. The maximum Gasteiger partial charge on any atom is 0.119 e. The molecule has 1 unspecified atom stereocenters. The Labute approximate surface area is 119 Å². The molecule has 0 spiro atoms. The molecule has 1 N–H and O–H groups in total. The molecule has 0 fully saturated rings. The van der Waals surface area contributed by atoms with E-state index in [1.807, 2.05) is 48.5 Å². The molecule has 0 radical (unpaired) electrons. The molecule has 19 heavy (non-hydrogen) atoms. The number of para-hydroxylation sites is 1. The molecule has 1 atom stereocenters. The Balaban J connectivity index is 1.74. The third-order valence-corrected chi connectivity index (χ3v) is 3.15. The van der Waals surface area contributed by atoms with Crippen LogP contribution < -0.4 is 10.1 Å². The summed E-state index contributed by atoms with van der Waals surface area (Å²) in [5.74, 6) is 0.903. The van der Waals surface area contributed by atoms with Gasteiger partial charge in [0.1, 0.15) is 12.4 Å². The smallest absolute Gasteiger partial charge is 0.119 e. The van der Waals surface area contributed by atoms with Gasteiger partial charge in [0.05, 0.1) is 0 Å². The van der Waals surface area contributed by atoms with Crippen LogP contribution in [0.5, 0.6) is 5.75 Å². The fourth-order valence-corrected chi connectivity index (χ4v) is 2.05. The molecule has 2 aromatic carbocycles. The van der Waals surface area contributed by atoms with Crippen LogP contribution in [-0.4, -0.2) is 13.2 Å². The van der Waals surface area contributed by atoms with Gasteiger partial charge >= 0.3 is 0 Å². The molecule has 2 nitrogen and oxygen atoms in total. The highest BCUT2D eigenvalue weighted by Crippen LogP contribution is 2.17. The third kappa shape index (κ3) is 4.58. The lowest BCUT2D eigenvalue weighted by Crippen LogP contribution is -2.24. The van der Waals surface area contributed by atoms with Crippen molar-refractivity contribution in [2.24, 2.45) is 0 Å². The Morgan fingerprint density at radius 3 is 2.63 bits per heavy atom. The van der Waals surface area contributed by atoms with Crippen molar-refractivity contribution in [1.29, 1.82) is 0 Å². The minimum absolute atomic E-state index is 0.262. The Morgan fingerprint density at radius 2 is 1.89 bits per heavy atom. The van der Waals surface area contributed by atoms with Gasteiger partial charge in [0.2, 0.25) is 0 Å². The predicted molar refractivity (Wildman–Crippen MR) is 79.8 cm³/mol. The van der Waals surface area contributed by atoms with E-state index < -0.39 is 0 Å². The van der Waals surface area contributed by atoms with Crippen molar-refractivity contribution in [3.8, 4) is 5.75 Å². The highest BCUT2D eigenvalue weighted by Gasteiger charge is 2.04. The lowest BCUT2D eigenvalue weighted by molar-refractivity contribution is 0.307.